The van der Waals surface area contributed by atoms with Crippen molar-refractivity contribution in [1.29, 1.82) is 0 Å². The quantitative estimate of drug-likeness (QED) is 0.611. The molecule has 0 amide bonds. The molecule has 1 aromatic heterocycles. The van der Waals surface area contributed by atoms with Gasteiger partial charge in [-0.15, -0.1) is 0 Å². The van der Waals surface area contributed by atoms with E-state index in [1.165, 1.54) is 19.3 Å². The smallest absolute Gasteiger partial charge is 0.209 e. The molecule has 0 unspecified atom stereocenters. The Bertz CT molecular complexity index is 924. The standard InChI is InChI=1S/C23H26N2O2/c1-27-20-10-11-21-19(16-20)17-22(23(26)18-8-4-2-5-9-18)25(21)15-14-24-12-6-3-7-13-24/h2,4-5,8-11,16-17H,3,6-7,12-15H2,1H3. The Labute approximate surface area is 160 Å². The van der Waals surface area contributed by atoms with Gasteiger partial charge in [0.15, 0.2) is 0 Å². The van der Waals surface area contributed by atoms with Crippen LogP contribution in [-0.2, 0) is 6.54 Å². The number of likely N-dealkylation sites (tertiary alicyclic amines) is 1. The van der Waals surface area contributed by atoms with Crippen molar-refractivity contribution in [3.63, 3.8) is 0 Å². The van der Waals surface area contributed by atoms with Crippen LogP contribution in [-0.4, -0.2) is 42.0 Å². The zero-order valence-corrected chi connectivity index (χ0v) is 15.9. The maximum Gasteiger partial charge on any atom is 0.209 e. The second kappa shape index (κ2) is 7.97. The average Bonchev–Trinajstić information content (AvgIpc) is 3.10. The lowest BCUT2D eigenvalue weighted by molar-refractivity contribution is 0.102. The van der Waals surface area contributed by atoms with E-state index in [2.05, 4.69) is 15.5 Å². The van der Waals surface area contributed by atoms with E-state index >= 15 is 0 Å². The summed E-state index contributed by atoms with van der Waals surface area (Å²) in [7, 11) is 1.67. The number of rotatable bonds is 6. The van der Waals surface area contributed by atoms with Gasteiger partial charge >= 0.3 is 0 Å². The highest BCUT2D eigenvalue weighted by Gasteiger charge is 2.19. The normalized spacial score (nSPS) is 15.1. The van der Waals surface area contributed by atoms with Crippen molar-refractivity contribution in [2.24, 2.45) is 0 Å². The molecule has 1 fully saturated rings. The Hall–Kier alpha value is -2.59. The fourth-order valence-corrected chi connectivity index (χ4v) is 3.97. The number of ether oxygens (including phenoxy) is 1. The lowest BCUT2D eigenvalue weighted by atomic mass is 10.1. The summed E-state index contributed by atoms with van der Waals surface area (Å²) < 4.78 is 7.55. The molecule has 0 bridgehead atoms. The van der Waals surface area contributed by atoms with E-state index in [9.17, 15) is 4.79 Å². The molecule has 2 heterocycles. The number of piperidine rings is 1. The molecular formula is C23H26N2O2. The minimum atomic E-state index is 0.0735. The van der Waals surface area contributed by atoms with Crippen LogP contribution in [0.5, 0.6) is 5.75 Å². The maximum atomic E-state index is 13.2. The minimum absolute atomic E-state index is 0.0735. The summed E-state index contributed by atoms with van der Waals surface area (Å²) in [4.78, 5) is 15.7. The number of ketones is 1. The Morgan fingerprint density at radius 3 is 2.48 bits per heavy atom. The molecule has 1 saturated heterocycles. The number of hydrogen-bond donors (Lipinski definition) is 0. The molecule has 4 rings (SSSR count). The second-order valence-electron chi connectivity index (χ2n) is 7.20. The number of carbonyl (C=O) groups is 1. The van der Waals surface area contributed by atoms with Gasteiger partial charge in [0.05, 0.1) is 12.8 Å². The summed E-state index contributed by atoms with van der Waals surface area (Å²) in [5.41, 5.74) is 2.57. The fraction of sp³-hybridized carbons (Fsp3) is 0.348. The molecule has 1 aliphatic rings. The van der Waals surface area contributed by atoms with Crippen molar-refractivity contribution in [2.45, 2.75) is 25.8 Å². The van der Waals surface area contributed by atoms with Crippen LogP contribution in [0.15, 0.2) is 54.6 Å². The minimum Gasteiger partial charge on any atom is -0.497 e. The first-order valence-corrected chi connectivity index (χ1v) is 9.75. The second-order valence-corrected chi connectivity index (χ2v) is 7.20. The van der Waals surface area contributed by atoms with Gasteiger partial charge in [-0.05, 0) is 50.2 Å². The number of methoxy groups -OCH3 is 1. The van der Waals surface area contributed by atoms with Crippen molar-refractivity contribution in [3.8, 4) is 5.75 Å². The summed E-state index contributed by atoms with van der Waals surface area (Å²) in [5.74, 6) is 0.888. The Kier molecular flexibility index (Phi) is 5.26. The Morgan fingerprint density at radius 2 is 1.74 bits per heavy atom. The lowest BCUT2D eigenvalue weighted by Gasteiger charge is -2.27. The number of aromatic nitrogens is 1. The highest BCUT2D eigenvalue weighted by Crippen LogP contribution is 2.26. The van der Waals surface area contributed by atoms with Crippen LogP contribution in [0.3, 0.4) is 0 Å². The van der Waals surface area contributed by atoms with Gasteiger partial charge < -0.3 is 14.2 Å². The monoisotopic (exact) mass is 362 g/mol. The summed E-state index contributed by atoms with van der Waals surface area (Å²) >= 11 is 0. The van der Waals surface area contributed by atoms with Gasteiger partial charge in [-0.3, -0.25) is 4.79 Å². The van der Waals surface area contributed by atoms with Gasteiger partial charge in [0.1, 0.15) is 5.75 Å². The van der Waals surface area contributed by atoms with Gasteiger partial charge in [-0.1, -0.05) is 36.8 Å². The molecule has 4 heteroatoms. The van der Waals surface area contributed by atoms with Crippen molar-refractivity contribution in [2.75, 3.05) is 26.7 Å². The molecule has 0 aliphatic carbocycles. The zero-order valence-electron chi connectivity index (χ0n) is 15.9. The molecule has 27 heavy (non-hydrogen) atoms. The largest absolute Gasteiger partial charge is 0.497 e. The first-order valence-electron chi connectivity index (χ1n) is 9.75. The summed E-state index contributed by atoms with van der Waals surface area (Å²) in [6, 6.07) is 17.6. The third kappa shape index (κ3) is 3.76. The van der Waals surface area contributed by atoms with E-state index in [4.69, 9.17) is 4.74 Å². The molecule has 0 saturated carbocycles. The van der Waals surface area contributed by atoms with Crippen LogP contribution in [0.1, 0.15) is 35.3 Å². The third-order valence-corrected chi connectivity index (χ3v) is 5.47. The highest BCUT2D eigenvalue weighted by molar-refractivity contribution is 6.10. The molecule has 2 aromatic carbocycles. The van der Waals surface area contributed by atoms with Crippen LogP contribution in [0.4, 0.5) is 0 Å². The van der Waals surface area contributed by atoms with Gasteiger partial charge in [-0.2, -0.15) is 0 Å². The van der Waals surface area contributed by atoms with E-state index in [0.29, 0.717) is 0 Å². The lowest BCUT2D eigenvalue weighted by Crippen LogP contribution is -2.33. The number of benzene rings is 2. The molecule has 0 spiro atoms. The van der Waals surface area contributed by atoms with Crippen molar-refractivity contribution in [1.82, 2.24) is 9.47 Å². The van der Waals surface area contributed by atoms with Crippen molar-refractivity contribution < 1.29 is 9.53 Å². The van der Waals surface area contributed by atoms with Crippen LogP contribution < -0.4 is 4.74 Å². The molecule has 1 aliphatic heterocycles. The molecule has 3 aromatic rings. The van der Waals surface area contributed by atoms with Gasteiger partial charge in [0.25, 0.3) is 0 Å². The zero-order chi connectivity index (χ0) is 18.6. The topological polar surface area (TPSA) is 34.5 Å². The number of hydrogen-bond acceptors (Lipinski definition) is 3. The SMILES string of the molecule is COc1ccc2c(c1)cc(C(=O)c1ccccc1)n2CCN1CCCCC1. The fourth-order valence-electron chi connectivity index (χ4n) is 3.97. The number of nitrogens with zero attached hydrogens (tertiary/aromatic N) is 2. The van der Waals surface area contributed by atoms with Crippen LogP contribution in [0.25, 0.3) is 10.9 Å². The van der Waals surface area contributed by atoms with Crippen LogP contribution in [0.2, 0.25) is 0 Å². The van der Waals surface area contributed by atoms with E-state index in [1.807, 2.05) is 48.5 Å². The van der Waals surface area contributed by atoms with Gasteiger partial charge in [0, 0.05) is 29.6 Å². The molecule has 4 nitrogen and oxygen atoms in total. The van der Waals surface area contributed by atoms with Crippen molar-refractivity contribution in [3.05, 3.63) is 65.9 Å². The summed E-state index contributed by atoms with van der Waals surface area (Å²) in [6.45, 7) is 4.12. The summed E-state index contributed by atoms with van der Waals surface area (Å²) in [6.07, 6.45) is 3.89. The number of fused-ring (bicyclic) bond motifs is 1. The molecular weight excluding hydrogens is 336 g/mol. The van der Waals surface area contributed by atoms with Crippen LogP contribution in [0, 0.1) is 0 Å². The van der Waals surface area contributed by atoms with Crippen LogP contribution >= 0.6 is 0 Å². The van der Waals surface area contributed by atoms with E-state index in [-0.39, 0.29) is 5.78 Å². The molecule has 0 radical (unpaired) electrons. The first-order chi connectivity index (χ1) is 13.3. The van der Waals surface area contributed by atoms with Gasteiger partial charge in [0.2, 0.25) is 5.78 Å². The third-order valence-electron chi connectivity index (χ3n) is 5.47. The summed E-state index contributed by atoms with van der Waals surface area (Å²) in [5, 5.41) is 1.05. The predicted molar refractivity (Wildman–Crippen MR) is 109 cm³/mol. The molecule has 140 valence electrons. The molecule has 0 N–H and O–H groups in total. The molecule has 0 atom stereocenters. The van der Waals surface area contributed by atoms with Gasteiger partial charge in [-0.25, -0.2) is 0 Å². The maximum absolute atomic E-state index is 13.2. The Balaban J connectivity index is 1.70. The van der Waals surface area contributed by atoms with E-state index in [1.54, 1.807) is 7.11 Å². The average molecular weight is 362 g/mol. The highest BCUT2D eigenvalue weighted by atomic mass is 16.5. The van der Waals surface area contributed by atoms with E-state index < -0.39 is 0 Å². The number of carbonyl (C=O) groups excluding carboxylic acids is 1. The predicted octanol–water partition coefficient (Wildman–Crippen LogP) is 4.37. The first kappa shape index (κ1) is 17.8. The van der Waals surface area contributed by atoms with Crippen molar-refractivity contribution >= 4 is 16.7 Å². The van der Waals surface area contributed by atoms with E-state index in [0.717, 1.165) is 54.1 Å². The Morgan fingerprint density at radius 1 is 0.963 bits per heavy atom.